The Morgan fingerprint density at radius 3 is 2.48 bits per heavy atom. The molecule has 1 saturated heterocycles. The maximum Gasteiger partial charge on any atom is 0.138 e. The van der Waals surface area contributed by atoms with E-state index in [1.807, 2.05) is 24.3 Å². The van der Waals surface area contributed by atoms with Gasteiger partial charge >= 0.3 is 0 Å². The molecular weight excluding hydrogens is 334 g/mol. The molecule has 1 aliphatic heterocycles. The summed E-state index contributed by atoms with van der Waals surface area (Å²) in [5.41, 5.74) is 2.13. The van der Waals surface area contributed by atoms with Crippen LogP contribution in [0, 0.1) is 5.92 Å². The topological polar surface area (TPSA) is 29.5 Å². The van der Waals surface area contributed by atoms with Crippen LogP contribution < -0.4 is 4.74 Å². The molecule has 144 valence electrons. The Bertz CT molecular complexity index is 769. The Labute approximate surface area is 163 Å². The summed E-state index contributed by atoms with van der Waals surface area (Å²) in [5.74, 6) is 1.56. The number of ketones is 1. The van der Waals surface area contributed by atoms with E-state index in [0.29, 0.717) is 18.1 Å². The van der Waals surface area contributed by atoms with Crippen molar-refractivity contribution in [1.29, 1.82) is 0 Å². The fraction of sp³-hybridized carbons (Fsp3) is 0.458. The third-order valence-electron chi connectivity index (χ3n) is 5.91. The van der Waals surface area contributed by atoms with Gasteiger partial charge in [0.1, 0.15) is 11.5 Å². The van der Waals surface area contributed by atoms with Crippen LogP contribution in [0.3, 0.4) is 0 Å². The van der Waals surface area contributed by atoms with E-state index in [0.717, 1.165) is 30.8 Å². The predicted octanol–water partition coefficient (Wildman–Crippen LogP) is 4.67. The highest BCUT2D eigenvalue weighted by Crippen LogP contribution is 2.39. The number of hydrogen-bond donors (Lipinski definition) is 0. The molecule has 1 fully saturated rings. The van der Waals surface area contributed by atoms with Crippen molar-refractivity contribution in [2.45, 2.75) is 38.0 Å². The molecule has 0 N–H and O–H groups in total. The van der Waals surface area contributed by atoms with E-state index in [-0.39, 0.29) is 11.3 Å². The summed E-state index contributed by atoms with van der Waals surface area (Å²) in [5, 5.41) is 0. The number of ether oxygens (including phenoxy) is 1. The van der Waals surface area contributed by atoms with Gasteiger partial charge in [-0.25, -0.2) is 0 Å². The van der Waals surface area contributed by atoms with Gasteiger partial charge in [-0.05, 0) is 37.6 Å². The molecule has 3 heteroatoms. The molecule has 1 heterocycles. The molecule has 27 heavy (non-hydrogen) atoms. The molecule has 3 rings (SSSR count). The van der Waals surface area contributed by atoms with Crippen LogP contribution in [0.5, 0.6) is 5.75 Å². The number of carbonyl (C=O) groups excluding carboxylic acids is 1. The number of hydrogen-bond acceptors (Lipinski definition) is 3. The minimum absolute atomic E-state index is 0.0418. The Morgan fingerprint density at radius 1 is 1.11 bits per heavy atom. The van der Waals surface area contributed by atoms with Gasteiger partial charge < -0.3 is 9.64 Å². The maximum absolute atomic E-state index is 13.4. The summed E-state index contributed by atoms with van der Waals surface area (Å²) in [6.45, 7) is 6.17. The lowest BCUT2D eigenvalue weighted by Crippen LogP contribution is -2.42. The van der Waals surface area contributed by atoms with Gasteiger partial charge in [-0.2, -0.15) is 0 Å². The lowest BCUT2D eigenvalue weighted by Gasteiger charge is -2.38. The van der Waals surface area contributed by atoms with Crippen LogP contribution >= 0.6 is 0 Å². The first-order chi connectivity index (χ1) is 12.9. The molecular formula is C24H31NO2. The van der Waals surface area contributed by atoms with Crippen molar-refractivity contribution in [1.82, 2.24) is 4.90 Å². The molecule has 3 nitrogen and oxygen atoms in total. The van der Waals surface area contributed by atoms with Crippen molar-refractivity contribution in [3.05, 3.63) is 65.7 Å². The second-order valence-electron chi connectivity index (χ2n) is 8.40. The van der Waals surface area contributed by atoms with Crippen molar-refractivity contribution in [2.75, 3.05) is 27.2 Å². The SMILES string of the molecule is COc1ccccc1C(C)(C)CC(=O)C1CN(C)CCC1c1ccccc1. The maximum atomic E-state index is 13.4. The zero-order chi connectivity index (χ0) is 19.4. The van der Waals surface area contributed by atoms with Gasteiger partial charge in [-0.3, -0.25) is 4.79 Å². The smallest absolute Gasteiger partial charge is 0.138 e. The third kappa shape index (κ3) is 4.41. The molecule has 0 bridgehead atoms. The summed E-state index contributed by atoms with van der Waals surface area (Å²) in [7, 11) is 3.81. The van der Waals surface area contributed by atoms with Gasteiger partial charge in [0.25, 0.3) is 0 Å². The highest BCUT2D eigenvalue weighted by molar-refractivity contribution is 5.84. The monoisotopic (exact) mass is 365 g/mol. The van der Waals surface area contributed by atoms with E-state index >= 15 is 0 Å². The zero-order valence-corrected chi connectivity index (χ0v) is 16.9. The fourth-order valence-corrected chi connectivity index (χ4v) is 4.41. The van der Waals surface area contributed by atoms with Gasteiger partial charge in [-0.1, -0.05) is 62.4 Å². The van der Waals surface area contributed by atoms with E-state index < -0.39 is 0 Å². The molecule has 0 radical (unpaired) electrons. The normalized spacial score (nSPS) is 21.0. The minimum Gasteiger partial charge on any atom is -0.496 e. The minimum atomic E-state index is -0.263. The standard InChI is InChI=1S/C24H31NO2/c1-24(2,21-12-8-9-13-23(21)27-4)16-22(26)20-17-25(3)15-14-19(20)18-10-6-5-7-11-18/h5-13,19-20H,14-17H2,1-4H3. The fourth-order valence-electron chi connectivity index (χ4n) is 4.41. The van der Waals surface area contributed by atoms with Crippen LogP contribution in [-0.4, -0.2) is 37.9 Å². The highest BCUT2D eigenvalue weighted by Gasteiger charge is 2.37. The quantitative estimate of drug-likeness (QED) is 0.745. The van der Waals surface area contributed by atoms with Crippen LogP contribution in [0.1, 0.15) is 43.7 Å². The van der Waals surface area contributed by atoms with Gasteiger partial charge in [0.15, 0.2) is 0 Å². The first-order valence-electron chi connectivity index (χ1n) is 9.82. The van der Waals surface area contributed by atoms with Gasteiger partial charge in [0.05, 0.1) is 7.11 Å². The second-order valence-corrected chi connectivity index (χ2v) is 8.40. The number of benzene rings is 2. The lowest BCUT2D eigenvalue weighted by molar-refractivity contribution is -0.126. The summed E-state index contributed by atoms with van der Waals surface area (Å²) in [6.07, 6.45) is 1.56. The average Bonchev–Trinajstić information content (AvgIpc) is 2.68. The van der Waals surface area contributed by atoms with E-state index in [2.05, 4.69) is 56.1 Å². The van der Waals surface area contributed by atoms with Crippen molar-refractivity contribution in [3.63, 3.8) is 0 Å². The number of nitrogens with zero attached hydrogens (tertiary/aromatic N) is 1. The Balaban J connectivity index is 1.83. The summed E-state index contributed by atoms with van der Waals surface area (Å²) < 4.78 is 5.55. The first kappa shape index (κ1) is 19.6. The number of Topliss-reactive ketones (excluding diaryl/α,β-unsaturated/α-hetero) is 1. The summed E-state index contributed by atoms with van der Waals surface area (Å²) >= 11 is 0. The highest BCUT2D eigenvalue weighted by atomic mass is 16.5. The Kier molecular flexibility index (Phi) is 6.01. The largest absolute Gasteiger partial charge is 0.496 e. The number of methoxy groups -OCH3 is 1. The van der Waals surface area contributed by atoms with Crippen LogP contribution in [0.15, 0.2) is 54.6 Å². The molecule has 0 aliphatic carbocycles. The predicted molar refractivity (Wildman–Crippen MR) is 110 cm³/mol. The summed E-state index contributed by atoms with van der Waals surface area (Å²) in [4.78, 5) is 15.7. The molecule has 0 amide bonds. The molecule has 2 aromatic rings. The van der Waals surface area contributed by atoms with E-state index in [4.69, 9.17) is 4.74 Å². The average molecular weight is 366 g/mol. The van der Waals surface area contributed by atoms with Gasteiger partial charge in [-0.15, -0.1) is 0 Å². The summed E-state index contributed by atoms with van der Waals surface area (Å²) in [6, 6.07) is 18.6. The second kappa shape index (κ2) is 8.26. The molecule has 0 saturated carbocycles. The van der Waals surface area contributed by atoms with Crippen molar-refractivity contribution >= 4 is 5.78 Å². The molecule has 2 atom stereocenters. The molecule has 2 aromatic carbocycles. The number of rotatable bonds is 6. The van der Waals surface area contributed by atoms with E-state index in [1.54, 1.807) is 7.11 Å². The molecule has 2 unspecified atom stereocenters. The molecule has 0 aromatic heterocycles. The number of piperidine rings is 1. The first-order valence-corrected chi connectivity index (χ1v) is 9.82. The van der Waals surface area contributed by atoms with Crippen LogP contribution in [0.2, 0.25) is 0 Å². The van der Waals surface area contributed by atoms with Crippen LogP contribution in [0.25, 0.3) is 0 Å². The molecule has 0 spiro atoms. The van der Waals surface area contributed by atoms with Crippen LogP contribution in [0.4, 0.5) is 0 Å². The number of para-hydroxylation sites is 1. The van der Waals surface area contributed by atoms with Crippen molar-refractivity contribution in [3.8, 4) is 5.75 Å². The van der Waals surface area contributed by atoms with E-state index in [1.165, 1.54) is 5.56 Å². The van der Waals surface area contributed by atoms with Crippen molar-refractivity contribution in [2.24, 2.45) is 5.92 Å². The van der Waals surface area contributed by atoms with Crippen molar-refractivity contribution < 1.29 is 9.53 Å². The van der Waals surface area contributed by atoms with Crippen LogP contribution in [-0.2, 0) is 10.2 Å². The van der Waals surface area contributed by atoms with Gasteiger partial charge in [0, 0.05) is 29.9 Å². The molecule has 1 aliphatic rings. The Morgan fingerprint density at radius 2 is 1.78 bits per heavy atom. The third-order valence-corrected chi connectivity index (χ3v) is 5.91. The number of carbonyl (C=O) groups is 1. The Hall–Kier alpha value is -2.13. The van der Waals surface area contributed by atoms with Gasteiger partial charge in [0.2, 0.25) is 0 Å². The zero-order valence-electron chi connectivity index (χ0n) is 16.9. The lowest BCUT2D eigenvalue weighted by atomic mass is 9.72. The number of likely N-dealkylation sites (tertiary alicyclic amines) is 1. The van der Waals surface area contributed by atoms with E-state index in [9.17, 15) is 4.79 Å².